The number of carbonyl (C=O) groups is 3. The van der Waals surface area contributed by atoms with Gasteiger partial charge in [0.15, 0.2) is 0 Å². The molecule has 0 saturated carbocycles. The van der Waals surface area contributed by atoms with Crippen LogP contribution in [0.1, 0.15) is 30.0 Å². The second kappa shape index (κ2) is 10.3. The standard InChI is InChI=1S/C27H31ClN6O3/c1-18-14-20(28)8-9-22(18)29-27(37)30-24(19-6-4-3-5-7-19)26(36)32-12-10-21(11-13-32)34-17-33-16-31(2)15-23(33)25(34)35/h3-9,14-15,21,24H,10-13,16-17H2,1-2H3,(H2,29,30,37). The second-order valence-corrected chi connectivity index (χ2v) is 10.3. The van der Waals surface area contributed by atoms with Crippen molar-refractivity contribution in [2.24, 2.45) is 0 Å². The zero-order valence-corrected chi connectivity index (χ0v) is 21.7. The molecule has 9 nitrogen and oxygen atoms in total. The largest absolute Gasteiger partial charge is 0.361 e. The van der Waals surface area contributed by atoms with Crippen molar-refractivity contribution in [3.63, 3.8) is 0 Å². The molecule has 1 atom stereocenters. The molecule has 0 aliphatic carbocycles. The molecule has 3 aliphatic rings. The summed E-state index contributed by atoms with van der Waals surface area (Å²) in [4.78, 5) is 47.3. The van der Waals surface area contributed by atoms with Crippen molar-refractivity contribution in [2.45, 2.75) is 31.8 Å². The van der Waals surface area contributed by atoms with Crippen molar-refractivity contribution in [3.8, 4) is 0 Å². The van der Waals surface area contributed by atoms with Crippen LogP contribution in [-0.2, 0) is 9.59 Å². The quantitative estimate of drug-likeness (QED) is 0.629. The Morgan fingerprint density at radius 1 is 1.05 bits per heavy atom. The molecule has 0 radical (unpaired) electrons. The average molecular weight is 523 g/mol. The molecule has 2 saturated heterocycles. The summed E-state index contributed by atoms with van der Waals surface area (Å²) in [5.41, 5.74) is 2.91. The van der Waals surface area contributed by atoms with Crippen molar-refractivity contribution < 1.29 is 14.4 Å². The van der Waals surface area contributed by atoms with Gasteiger partial charge in [-0.3, -0.25) is 9.59 Å². The first-order valence-corrected chi connectivity index (χ1v) is 12.8. The van der Waals surface area contributed by atoms with Gasteiger partial charge >= 0.3 is 6.03 Å². The van der Waals surface area contributed by atoms with E-state index in [1.807, 2.05) is 60.3 Å². The molecule has 37 heavy (non-hydrogen) atoms. The van der Waals surface area contributed by atoms with E-state index in [1.54, 1.807) is 23.1 Å². The van der Waals surface area contributed by atoms with Crippen LogP contribution >= 0.6 is 11.6 Å². The third-order valence-electron chi connectivity index (χ3n) is 7.19. The Morgan fingerprint density at radius 2 is 1.78 bits per heavy atom. The third kappa shape index (κ3) is 5.22. The highest BCUT2D eigenvalue weighted by atomic mass is 35.5. The van der Waals surface area contributed by atoms with Gasteiger partial charge < -0.3 is 30.2 Å². The minimum Gasteiger partial charge on any atom is -0.361 e. The minimum absolute atomic E-state index is 0.0621. The molecule has 4 amide bonds. The highest BCUT2D eigenvalue weighted by Crippen LogP contribution is 2.30. The molecule has 10 heteroatoms. The lowest BCUT2D eigenvalue weighted by Crippen LogP contribution is -2.51. The van der Waals surface area contributed by atoms with Crippen molar-refractivity contribution in [1.82, 2.24) is 24.9 Å². The summed E-state index contributed by atoms with van der Waals surface area (Å²) < 4.78 is 0. The predicted octanol–water partition coefficient (Wildman–Crippen LogP) is 3.35. The van der Waals surface area contributed by atoms with Crippen LogP contribution in [0.4, 0.5) is 10.5 Å². The normalized spacial score (nSPS) is 18.6. The first kappa shape index (κ1) is 25.0. The van der Waals surface area contributed by atoms with Crippen LogP contribution < -0.4 is 10.6 Å². The molecular formula is C27H31ClN6O3. The van der Waals surface area contributed by atoms with Gasteiger partial charge in [0.1, 0.15) is 11.7 Å². The fourth-order valence-corrected chi connectivity index (χ4v) is 5.46. The first-order valence-electron chi connectivity index (χ1n) is 12.5. The van der Waals surface area contributed by atoms with Crippen molar-refractivity contribution >= 4 is 35.1 Å². The van der Waals surface area contributed by atoms with Gasteiger partial charge in [0, 0.05) is 43.1 Å². The maximum Gasteiger partial charge on any atom is 0.320 e. The molecule has 194 valence electrons. The Bertz CT molecular complexity index is 1230. The van der Waals surface area contributed by atoms with Crippen LogP contribution in [0.2, 0.25) is 5.02 Å². The van der Waals surface area contributed by atoms with Gasteiger partial charge in [0.25, 0.3) is 5.91 Å². The van der Waals surface area contributed by atoms with E-state index in [2.05, 4.69) is 15.5 Å². The maximum absolute atomic E-state index is 13.6. The van der Waals surface area contributed by atoms with E-state index in [9.17, 15) is 14.4 Å². The SMILES string of the molecule is Cc1cc(Cl)ccc1NC(=O)NC(C(=O)N1CCC(N2CN3CN(C)C=C3C2=O)CC1)c1ccccc1. The zero-order chi connectivity index (χ0) is 26.1. The number of hydrogen-bond acceptors (Lipinski definition) is 5. The van der Waals surface area contributed by atoms with Crippen LogP contribution in [0.3, 0.4) is 0 Å². The topological polar surface area (TPSA) is 88.2 Å². The smallest absolute Gasteiger partial charge is 0.320 e. The van der Waals surface area contributed by atoms with E-state index < -0.39 is 12.1 Å². The summed E-state index contributed by atoms with van der Waals surface area (Å²) in [5, 5.41) is 6.28. The average Bonchev–Trinajstić information content (AvgIpc) is 3.41. The van der Waals surface area contributed by atoms with Gasteiger partial charge in [-0.25, -0.2) is 4.79 Å². The number of piperidine rings is 1. The van der Waals surface area contributed by atoms with Crippen LogP contribution in [0.5, 0.6) is 0 Å². The van der Waals surface area contributed by atoms with Crippen LogP contribution in [0, 0.1) is 6.92 Å². The lowest BCUT2D eigenvalue weighted by atomic mass is 10.0. The number of nitrogens with zero attached hydrogens (tertiary/aromatic N) is 4. The van der Waals surface area contributed by atoms with E-state index >= 15 is 0 Å². The number of anilines is 1. The Labute approximate surface area is 221 Å². The Balaban J connectivity index is 1.24. The fraction of sp³-hybridized carbons (Fsp3) is 0.370. The van der Waals surface area contributed by atoms with E-state index in [1.165, 1.54) is 0 Å². The molecule has 0 aromatic heterocycles. The van der Waals surface area contributed by atoms with E-state index in [0.717, 1.165) is 17.9 Å². The number of nitrogens with one attached hydrogen (secondary N) is 2. The molecule has 2 N–H and O–H groups in total. The summed E-state index contributed by atoms with van der Waals surface area (Å²) in [6, 6.07) is 13.3. The number of fused-ring (bicyclic) bond motifs is 1. The van der Waals surface area contributed by atoms with Crippen molar-refractivity contribution in [3.05, 3.63) is 76.6 Å². The first-order chi connectivity index (χ1) is 17.8. The van der Waals surface area contributed by atoms with E-state index in [0.29, 0.717) is 48.9 Å². The Morgan fingerprint density at radius 3 is 2.46 bits per heavy atom. The number of carbonyl (C=O) groups excluding carboxylic acids is 3. The molecule has 3 heterocycles. The molecule has 0 bridgehead atoms. The number of amides is 4. The molecule has 0 spiro atoms. The summed E-state index contributed by atoms with van der Waals surface area (Å²) in [5.74, 6) is -0.0996. The highest BCUT2D eigenvalue weighted by Gasteiger charge is 2.41. The monoisotopic (exact) mass is 522 g/mol. The summed E-state index contributed by atoms with van der Waals surface area (Å²) in [6.45, 7) is 4.21. The van der Waals surface area contributed by atoms with Gasteiger partial charge in [-0.1, -0.05) is 41.9 Å². The molecule has 3 aliphatic heterocycles. The van der Waals surface area contributed by atoms with Gasteiger partial charge in [-0.15, -0.1) is 0 Å². The van der Waals surface area contributed by atoms with Crippen LogP contribution in [-0.4, -0.2) is 77.0 Å². The number of urea groups is 1. The highest BCUT2D eigenvalue weighted by molar-refractivity contribution is 6.30. The molecule has 2 aromatic rings. The fourth-order valence-electron chi connectivity index (χ4n) is 5.24. The number of aryl methyl sites for hydroxylation is 1. The Kier molecular flexibility index (Phi) is 6.97. The van der Waals surface area contributed by atoms with E-state index in [-0.39, 0.29) is 17.9 Å². The number of hydrogen-bond donors (Lipinski definition) is 2. The van der Waals surface area contributed by atoms with Crippen LogP contribution in [0.25, 0.3) is 0 Å². The maximum atomic E-state index is 13.6. The summed E-state index contributed by atoms with van der Waals surface area (Å²) in [7, 11) is 1.96. The number of benzene rings is 2. The van der Waals surface area contributed by atoms with Gasteiger partial charge in [0.2, 0.25) is 5.91 Å². The molecule has 2 fully saturated rings. The number of likely N-dealkylation sites (tertiary alicyclic amines) is 1. The molecule has 5 rings (SSSR count). The summed E-state index contributed by atoms with van der Waals surface area (Å²) in [6.07, 6.45) is 3.30. The van der Waals surface area contributed by atoms with Crippen LogP contribution in [0.15, 0.2) is 60.4 Å². The summed E-state index contributed by atoms with van der Waals surface area (Å²) >= 11 is 6.03. The minimum atomic E-state index is -0.829. The van der Waals surface area contributed by atoms with Crippen molar-refractivity contribution in [2.75, 3.05) is 38.8 Å². The Hall–Kier alpha value is -3.72. The molecule has 1 unspecified atom stereocenters. The van der Waals surface area contributed by atoms with Gasteiger partial charge in [-0.05, 0) is 49.1 Å². The van der Waals surface area contributed by atoms with Crippen molar-refractivity contribution in [1.29, 1.82) is 0 Å². The van der Waals surface area contributed by atoms with E-state index in [4.69, 9.17) is 11.6 Å². The molecule has 2 aromatic carbocycles. The van der Waals surface area contributed by atoms with Gasteiger partial charge in [0.05, 0.1) is 13.3 Å². The predicted molar refractivity (Wildman–Crippen MR) is 141 cm³/mol. The lowest BCUT2D eigenvalue weighted by Gasteiger charge is -2.38. The number of halogens is 1. The second-order valence-electron chi connectivity index (χ2n) is 9.83. The zero-order valence-electron chi connectivity index (χ0n) is 21.0. The number of rotatable bonds is 5. The molecular weight excluding hydrogens is 492 g/mol. The third-order valence-corrected chi connectivity index (χ3v) is 7.42. The van der Waals surface area contributed by atoms with Gasteiger partial charge in [-0.2, -0.15) is 0 Å². The lowest BCUT2D eigenvalue weighted by molar-refractivity contribution is -0.135.